The third-order valence-corrected chi connectivity index (χ3v) is 9.83. The van der Waals surface area contributed by atoms with Crippen LogP contribution in [0, 0.1) is 0 Å². The van der Waals surface area contributed by atoms with Gasteiger partial charge in [0.2, 0.25) is 0 Å². The Morgan fingerprint density at radius 1 is 0.574 bits per heavy atom. The van der Waals surface area contributed by atoms with Crippen LogP contribution in [0.15, 0.2) is 84.9 Å². The first-order chi connectivity index (χ1) is 22.6. The molecule has 7 rings (SSSR count). The molecule has 3 heterocycles. The molecule has 0 fully saturated rings. The molecule has 0 aliphatic carbocycles. The third kappa shape index (κ3) is 5.17. The van der Waals surface area contributed by atoms with Gasteiger partial charge in [-0.15, -0.1) is 0 Å². The zero-order valence-corrected chi connectivity index (χ0v) is 29.0. The van der Waals surface area contributed by atoms with Crippen molar-refractivity contribution in [3.05, 3.63) is 107 Å². The maximum Gasteiger partial charge on any atom is 0.517 e. The molecule has 0 unspecified atom stereocenters. The van der Waals surface area contributed by atoms with Crippen LogP contribution < -0.4 is 23.5 Å². The van der Waals surface area contributed by atoms with Crippen LogP contribution in [0.5, 0.6) is 23.0 Å². The molecule has 47 heavy (non-hydrogen) atoms. The molecule has 3 aliphatic rings. The molecule has 3 aliphatic heterocycles. The van der Waals surface area contributed by atoms with Gasteiger partial charge in [-0.2, -0.15) is 0 Å². The van der Waals surface area contributed by atoms with Crippen LogP contribution in [-0.2, 0) is 0 Å². The summed E-state index contributed by atoms with van der Waals surface area (Å²) in [5.74, 6) is 3.99. The van der Waals surface area contributed by atoms with Crippen LogP contribution in [0.3, 0.4) is 0 Å². The third-order valence-electron chi connectivity index (χ3n) is 9.83. The van der Waals surface area contributed by atoms with Crippen LogP contribution in [0.2, 0.25) is 0 Å². The number of hydrogen-bond donors (Lipinski definition) is 0. The van der Waals surface area contributed by atoms with Gasteiger partial charge >= 0.3 is 13.5 Å². The molecule has 8 heteroatoms. The summed E-state index contributed by atoms with van der Waals surface area (Å²) in [7, 11) is -0.847. The van der Waals surface area contributed by atoms with E-state index in [4.69, 9.17) is 18.6 Å². The van der Waals surface area contributed by atoms with Crippen LogP contribution >= 0.6 is 0 Å². The fourth-order valence-electron chi connectivity index (χ4n) is 7.59. The average molecular weight is 628 g/mol. The Morgan fingerprint density at radius 2 is 1.00 bits per heavy atom. The molecule has 0 spiro atoms. The van der Waals surface area contributed by atoms with E-state index in [1.807, 2.05) is 48.5 Å². The number of rotatable bonds is 8. The largest absolute Gasteiger partial charge is 0.673 e. The maximum atomic E-state index is 7.17. The summed E-state index contributed by atoms with van der Waals surface area (Å²) in [5.41, 5.74) is 8.59. The van der Waals surface area contributed by atoms with Crippen LogP contribution in [0.4, 0.5) is 11.4 Å². The number of anilines is 1. The van der Waals surface area contributed by atoms with Gasteiger partial charge in [-0.05, 0) is 47.9 Å². The van der Waals surface area contributed by atoms with E-state index in [-0.39, 0.29) is 0 Å². The minimum atomic E-state index is -2.45. The summed E-state index contributed by atoms with van der Waals surface area (Å²) < 4.78 is 30.2. The smallest absolute Gasteiger partial charge is 0.517 e. The number of benzene rings is 4. The average Bonchev–Trinajstić information content (AvgIpc) is 3.79. The molecule has 0 saturated heterocycles. The highest BCUT2D eigenvalue weighted by Crippen LogP contribution is 2.47. The van der Waals surface area contributed by atoms with Crippen molar-refractivity contribution in [3.63, 3.8) is 0 Å². The standard InChI is InChI=1S/C39H46B2N2O4/c1-25(2)29-15-13-16-30(26(3)4)37(29)42-23-24-43(38-31(27(5)6)17-14-18-32(38)28(7)8)39(42)41(46-35-21-11-12-22-36(35)47-41)40-44-33-19-9-10-20-34(33)45-40/h9-22,25-28H,23-24H2,1-8H3. The molecule has 242 valence electrons. The topological polar surface area (TPSA) is 43.2 Å². The summed E-state index contributed by atoms with van der Waals surface area (Å²) in [5, 5.41) is 0. The van der Waals surface area contributed by atoms with Crippen molar-refractivity contribution in [1.29, 1.82) is 0 Å². The van der Waals surface area contributed by atoms with Crippen molar-refractivity contribution in [2.45, 2.75) is 79.1 Å². The molecule has 0 saturated carbocycles. The predicted octanol–water partition coefficient (Wildman–Crippen LogP) is 9.23. The van der Waals surface area contributed by atoms with Gasteiger partial charge in [0.15, 0.2) is 5.73 Å². The SMILES string of the molecule is CC(C)c1cccc(C(C)C)c1N1CC[N+](c2c(C(C)C)cccc2C(C)C)=C1[B-]1(B2Oc3ccccc3O2)Oc2ccccc2O1. The van der Waals surface area contributed by atoms with Gasteiger partial charge in [0.25, 0.3) is 0 Å². The number of amidine groups is 1. The number of hydrogen-bond acceptors (Lipinski definition) is 5. The highest BCUT2D eigenvalue weighted by molar-refractivity contribution is 7.38. The van der Waals surface area contributed by atoms with Crippen LogP contribution in [0.25, 0.3) is 0 Å². The van der Waals surface area contributed by atoms with Crippen molar-refractivity contribution in [2.75, 3.05) is 18.0 Å². The Hall–Kier alpha value is -4.32. The van der Waals surface area contributed by atoms with E-state index in [1.54, 1.807) is 0 Å². The Balaban J connectivity index is 1.57. The van der Waals surface area contributed by atoms with E-state index >= 15 is 0 Å². The fourth-order valence-corrected chi connectivity index (χ4v) is 7.59. The zero-order chi connectivity index (χ0) is 33.0. The summed E-state index contributed by atoms with van der Waals surface area (Å²) >= 11 is 0. The Morgan fingerprint density at radius 3 is 1.45 bits per heavy atom. The zero-order valence-electron chi connectivity index (χ0n) is 29.0. The molecule has 0 aromatic heterocycles. The van der Waals surface area contributed by atoms with E-state index < -0.39 is 13.5 Å². The monoisotopic (exact) mass is 628 g/mol. The summed E-state index contributed by atoms with van der Waals surface area (Å²) in [4.78, 5) is 2.48. The lowest BCUT2D eigenvalue weighted by Crippen LogP contribution is -2.73. The second-order valence-corrected chi connectivity index (χ2v) is 14.4. The second kappa shape index (κ2) is 12.0. The normalized spacial score (nSPS) is 16.5. The number of para-hydroxylation sites is 6. The van der Waals surface area contributed by atoms with E-state index in [9.17, 15) is 0 Å². The van der Waals surface area contributed by atoms with Crippen molar-refractivity contribution >= 4 is 30.6 Å². The molecule has 0 amide bonds. The molecule has 4 aromatic rings. The van der Waals surface area contributed by atoms with Crippen LogP contribution in [-0.4, -0.2) is 36.9 Å². The highest BCUT2D eigenvalue weighted by atomic mass is 16.7. The molecular formula is C39H46B2N2O4. The minimum Gasteiger partial charge on any atom is -0.673 e. The van der Waals surface area contributed by atoms with E-state index in [0.717, 1.165) is 18.8 Å². The first kappa shape index (κ1) is 31.3. The quantitative estimate of drug-likeness (QED) is 0.144. The van der Waals surface area contributed by atoms with Gasteiger partial charge in [-0.3, -0.25) is 9.48 Å². The predicted molar refractivity (Wildman–Crippen MR) is 193 cm³/mol. The Bertz CT molecular complexity index is 1750. The van der Waals surface area contributed by atoms with Crippen LogP contribution in [0.1, 0.15) is 101 Å². The van der Waals surface area contributed by atoms with Gasteiger partial charge in [-0.1, -0.05) is 116 Å². The van der Waals surface area contributed by atoms with Crippen molar-refractivity contribution < 1.29 is 23.2 Å². The van der Waals surface area contributed by atoms with Gasteiger partial charge in [0.1, 0.15) is 47.5 Å². The Kier molecular flexibility index (Phi) is 8.02. The first-order valence-corrected chi connectivity index (χ1v) is 17.3. The van der Waals surface area contributed by atoms with Gasteiger partial charge in [-0.25, -0.2) is 0 Å². The molecule has 6 nitrogen and oxygen atoms in total. The number of nitrogens with zero attached hydrogens (tertiary/aromatic N) is 2. The Labute approximate surface area is 280 Å². The van der Waals surface area contributed by atoms with E-state index in [0.29, 0.717) is 46.7 Å². The van der Waals surface area contributed by atoms with Gasteiger partial charge in [0.05, 0.1) is 0 Å². The molecular weight excluding hydrogens is 582 g/mol. The molecule has 0 bridgehead atoms. The second-order valence-electron chi connectivity index (χ2n) is 14.4. The van der Waals surface area contributed by atoms with E-state index in [2.05, 4.69) is 101 Å². The van der Waals surface area contributed by atoms with Gasteiger partial charge < -0.3 is 18.6 Å². The molecule has 0 N–H and O–H groups in total. The van der Waals surface area contributed by atoms with Gasteiger partial charge in [0, 0.05) is 22.3 Å². The fraction of sp³-hybridized carbons (Fsp3) is 0.359. The molecule has 4 aromatic carbocycles. The molecule has 0 atom stereocenters. The lowest BCUT2D eigenvalue weighted by Gasteiger charge is -2.38. The minimum absolute atomic E-state index is 0.308. The highest BCUT2D eigenvalue weighted by Gasteiger charge is 2.67. The lowest BCUT2D eigenvalue weighted by atomic mass is 9.27. The first-order valence-electron chi connectivity index (χ1n) is 17.3. The van der Waals surface area contributed by atoms with Crippen molar-refractivity contribution in [3.8, 4) is 23.0 Å². The summed E-state index contributed by atoms with van der Waals surface area (Å²) in [6.07, 6.45) is -2.45. The number of fused-ring (bicyclic) bond motifs is 2. The molecule has 0 radical (unpaired) electrons. The summed E-state index contributed by atoms with van der Waals surface area (Å²) in [6, 6.07) is 29.3. The van der Waals surface area contributed by atoms with Crippen molar-refractivity contribution in [1.82, 2.24) is 0 Å². The van der Waals surface area contributed by atoms with E-state index in [1.165, 1.54) is 33.6 Å². The lowest BCUT2D eigenvalue weighted by molar-refractivity contribution is -0.428. The maximum absolute atomic E-state index is 7.17. The summed E-state index contributed by atoms with van der Waals surface area (Å²) in [6.45, 7) is 19.7. The van der Waals surface area contributed by atoms with Crippen molar-refractivity contribution in [2.24, 2.45) is 0 Å².